The fraction of sp³-hybridized carbons (Fsp3) is 0.167. The number of allylic oxidation sites excluding steroid dienone is 1. The van der Waals surface area contributed by atoms with Crippen LogP contribution >= 0.6 is 11.6 Å². The fourth-order valence-electron chi connectivity index (χ4n) is 2.08. The summed E-state index contributed by atoms with van der Waals surface area (Å²) < 4.78 is 15.7. The first-order valence-corrected chi connectivity index (χ1v) is 7.24. The summed E-state index contributed by atoms with van der Waals surface area (Å²) in [6, 6.07) is 10.5. The van der Waals surface area contributed by atoms with Crippen molar-refractivity contribution in [2.24, 2.45) is 0 Å². The molecule has 2 aromatic carbocycles. The third-order valence-corrected chi connectivity index (χ3v) is 3.51. The normalized spacial score (nSPS) is 10.6. The lowest BCUT2D eigenvalue weighted by Crippen LogP contribution is -2.03. The number of carbonyl (C=O) groups is 1. The summed E-state index contributed by atoms with van der Waals surface area (Å²) in [4.78, 5) is 12.5. The molecule has 0 aromatic heterocycles. The van der Waals surface area contributed by atoms with Crippen LogP contribution in [0.2, 0.25) is 5.02 Å². The summed E-state index contributed by atoms with van der Waals surface area (Å²) in [5.74, 6) is 1.12. The smallest absolute Gasteiger partial charge is 0.193 e. The Balaban J connectivity index is 2.36. The van der Waals surface area contributed by atoms with E-state index >= 15 is 0 Å². The molecular weight excluding hydrogens is 316 g/mol. The van der Waals surface area contributed by atoms with Gasteiger partial charge in [0.05, 0.1) is 21.3 Å². The van der Waals surface area contributed by atoms with Crippen LogP contribution in [0.5, 0.6) is 17.2 Å². The summed E-state index contributed by atoms with van der Waals surface area (Å²) in [5, 5.41) is 0.645. The SMILES string of the molecule is COc1cc(OC)c(C(=O)/C=C/c2ccc(Cl)cc2)c(OC)c1. The van der Waals surface area contributed by atoms with Crippen molar-refractivity contribution >= 4 is 23.5 Å². The molecule has 0 aliphatic heterocycles. The zero-order valence-corrected chi connectivity index (χ0v) is 13.9. The molecule has 0 fully saturated rings. The summed E-state index contributed by atoms with van der Waals surface area (Å²) >= 11 is 5.84. The van der Waals surface area contributed by atoms with E-state index in [-0.39, 0.29) is 5.78 Å². The van der Waals surface area contributed by atoms with Crippen molar-refractivity contribution in [2.45, 2.75) is 0 Å². The Morgan fingerprint density at radius 2 is 1.52 bits per heavy atom. The van der Waals surface area contributed by atoms with E-state index in [2.05, 4.69) is 0 Å². The maximum absolute atomic E-state index is 12.5. The molecule has 0 heterocycles. The van der Waals surface area contributed by atoms with Crippen molar-refractivity contribution in [3.05, 3.63) is 58.6 Å². The lowest BCUT2D eigenvalue weighted by atomic mass is 10.1. The quantitative estimate of drug-likeness (QED) is 0.585. The molecule has 120 valence electrons. The average molecular weight is 333 g/mol. The number of rotatable bonds is 6. The Morgan fingerprint density at radius 1 is 0.957 bits per heavy atom. The summed E-state index contributed by atoms with van der Waals surface area (Å²) in [7, 11) is 4.53. The first-order chi connectivity index (χ1) is 11.1. The minimum Gasteiger partial charge on any atom is -0.496 e. The highest BCUT2D eigenvalue weighted by Gasteiger charge is 2.18. The lowest BCUT2D eigenvalue weighted by molar-refractivity contribution is 0.104. The first kappa shape index (κ1) is 16.9. The summed E-state index contributed by atoms with van der Waals surface area (Å²) in [6.45, 7) is 0. The van der Waals surface area contributed by atoms with Gasteiger partial charge in [-0.2, -0.15) is 0 Å². The highest BCUT2D eigenvalue weighted by molar-refractivity contribution is 6.30. The standard InChI is InChI=1S/C18H17ClO4/c1-21-14-10-16(22-2)18(17(11-14)23-3)15(20)9-6-12-4-7-13(19)8-5-12/h4-11H,1-3H3/b9-6+. The topological polar surface area (TPSA) is 44.8 Å². The Kier molecular flexibility index (Phi) is 5.66. The van der Waals surface area contributed by atoms with Crippen LogP contribution in [0.25, 0.3) is 6.08 Å². The van der Waals surface area contributed by atoms with E-state index < -0.39 is 0 Å². The number of ether oxygens (including phenoxy) is 3. The molecule has 0 N–H and O–H groups in total. The van der Waals surface area contributed by atoms with Gasteiger partial charge in [0.2, 0.25) is 0 Å². The summed E-state index contributed by atoms with van der Waals surface area (Å²) in [5.41, 5.74) is 1.22. The van der Waals surface area contributed by atoms with Crippen LogP contribution in [-0.4, -0.2) is 27.1 Å². The fourth-order valence-corrected chi connectivity index (χ4v) is 2.20. The van der Waals surface area contributed by atoms with Crippen molar-refractivity contribution in [3.63, 3.8) is 0 Å². The number of carbonyl (C=O) groups excluding carboxylic acids is 1. The molecule has 0 radical (unpaired) electrons. The van der Waals surface area contributed by atoms with Crippen molar-refractivity contribution < 1.29 is 19.0 Å². The minimum absolute atomic E-state index is 0.226. The van der Waals surface area contributed by atoms with Gasteiger partial charge in [0.1, 0.15) is 22.8 Å². The molecule has 0 atom stereocenters. The number of benzene rings is 2. The third-order valence-electron chi connectivity index (χ3n) is 3.26. The monoisotopic (exact) mass is 332 g/mol. The van der Waals surface area contributed by atoms with Gasteiger partial charge < -0.3 is 14.2 Å². The van der Waals surface area contributed by atoms with Gasteiger partial charge >= 0.3 is 0 Å². The van der Waals surface area contributed by atoms with Crippen molar-refractivity contribution in [1.82, 2.24) is 0 Å². The Labute approximate surface area is 140 Å². The van der Waals surface area contributed by atoms with Crippen molar-refractivity contribution in [3.8, 4) is 17.2 Å². The molecule has 2 aromatic rings. The number of ketones is 1. The van der Waals surface area contributed by atoms with Crippen molar-refractivity contribution in [1.29, 1.82) is 0 Å². The van der Waals surface area contributed by atoms with Crippen LogP contribution < -0.4 is 14.2 Å². The Morgan fingerprint density at radius 3 is 2.00 bits per heavy atom. The number of hydrogen-bond donors (Lipinski definition) is 0. The molecule has 0 saturated heterocycles. The molecule has 0 unspecified atom stereocenters. The minimum atomic E-state index is -0.226. The second kappa shape index (κ2) is 7.70. The molecule has 5 heteroatoms. The third kappa shape index (κ3) is 4.05. The van der Waals surface area contributed by atoms with Gasteiger partial charge in [-0.05, 0) is 23.8 Å². The van der Waals surface area contributed by atoms with Gasteiger partial charge in [0.25, 0.3) is 0 Å². The second-order valence-electron chi connectivity index (χ2n) is 4.66. The molecule has 2 rings (SSSR count). The van der Waals surface area contributed by atoms with Crippen LogP contribution in [0.3, 0.4) is 0 Å². The highest BCUT2D eigenvalue weighted by atomic mass is 35.5. The lowest BCUT2D eigenvalue weighted by Gasteiger charge is -2.13. The van der Waals surface area contributed by atoms with Gasteiger partial charge in [0.15, 0.2) is 5.78 Å². The predicted octanol–water partition coefficient (Wildman–Crippen LogP) is 4.26. The van der Waals surface area contributed by atoms with Gasteiger partial charge in [-0.15, -0.1) is 0 Å². The van der Waals surface area contributed by atoms with Gasteiger partial charge in [-0.1, -0.05) is 29.8 Å². The van der Waals surface area contributed by atoms with Crippen molar-refractivity contribution in [2.75, 3.05) is 21.3 Å². The zero-order chi connectivity index (χ0) is 16.8. The van der Waals surface area contributed by atoms with E-state index in [0.717, 1.165) is 5.56 Å². The number of halogens is 1. The molecule has 0 aliphatic rings. The maximum atomic E-state index is 12.5. The molecule has 23 heavy (non-hydrogen) atoms. The molecular formula is C18H17ClO4. The van der Waals surface area contributed by atoms with E-state index in [0.29, 0.717) is 27.8 Å². The highest BCUT2D eigenvalue weighted by Crippen LogP contribution is 2.34. The molecule has 0 spiro atoms. The first-order valence-electron chi connectivity index (χ1n) is 6.87. The summed E-state index contributed by atoms with van der Waals surface area (Å²) in [6.07, 6.45) is 3.18. The zero-order valence-electron chi connectivity index (χ0n) is 13.1. The number of hydrogen-bond acceptors (Lipinski definition) is 4. The molecule has 0 amide bonds. The predicted molar refractivity (Wildman–Crippen MR) is 90.9 cm³/mol. The van der Waals surface area contributed by atoms with Crippen LogP contribution in [0, 0.1) is 0 Å². The van der Waals surface area contributed by atoms with Gasteiger partial charge in [-0.25, -0.2) is 0 Å². The van der Waals surface area contributed by atoms with Crippen LogP contribution in [0.15, 0.2) is 42.5 Å². The van der Waals surface area contributed by atoms with E-state index in [1.165, 1.54) is 27.4 Å². The van der Waals surface area contributed by atoms with Gasteiger partial charge in [-0.3, -0.25) is 4.79 Å². The van der Waals surface area contributed by atoms with Crippen LogP contribution in [0.4, 0.5) is 0 Å². The van der Waals surface area contributed by atoms with E-state index in [4.69, 9.17) is 25.8 Å². The molecule has 0 bridgehead atoms. The van der Waals surface area contributed by atoms with E-state index in [9.17, 15) is 4.79 Å². The Hall–Kier alpha value is -2.46. The van der Waals surface area contributed by atoms with Crippen LogP contribution in [0.1, 0.15) is 15.9 Å². The van der Waals surface area contributed by atoms with Gasteiger partial charge in [0, 0.05) is 17.2 Å². The Bertz CT molecular complexity index is 695. The molecule has 0 saturated carbocycles. The van der Waals surface area contributed by atoms with Crippen LogP contribution in [-0.2, 0) is 0 Å². The van der Waals surface area contributed by atoms with E-state index in [1.807, 2.05) is 12.1 Å². The largest absolute Gasteiger partial charge is 0.496 e. The second-order valence-corrected chi connectivity index (χ2v) is 5.09. The number of methoxy groups -OCH3 is 3. The maximum Gasteiger partial charge on any atom is 0.193 e. The average Bonchev–Trinajstić information content (AvgIpc) is 2.59. The van der Waals surface area contributed by atoms with E-state index in [1.54, 1.807) is 30.3 Å². The molecule has 0 aliphatic carbocycles. The molecule has 4 nitrogen and oxygen atoms in total.